The summed E-state index contributed by atoms with van der Waals surface area (Å²) in [7, 11) is 0. The lowest BCUT2D eigenvalue weighted by Gasteiger charge is -2.08. The van der Waals surface area contributed by atoms with Gasteiger partial charge in [-0.25, -0.2) is 4.39 Å². The van der Waals surface area contributed by atoms with Crippen LogP contribution >= 0.6 is 27.5 Å². The van der Waals surface area contributed by atoms with Crippen LogP contribution in [0.2, 0.25) is 0 Å². The van der Waals surface area contributed by atoms with Crippen molar-refractivity contribution in [1.82, 2.24) is 0 Å². The molecule has 1 N–H and O–H groups in total. The van der Waals surface area contributed by atoms with E-state index in [9.17, 15) is 9.18 Å². The third kappa shape index (κ3) is 4.29. The molecule has 1 amide bonds. The average molecular weight is 371 g/mol. The Morgan fingerprint density at radius 1 is 1.24 bits per heavy atom. The zero-order chi connectivity index (χ0) is 15.2. The fourth-order valence-electron chi connectivity index (χ4n) is 1.95. The Morgan fingerprint density at radius 3 is 2.76 bits per heavy atom. The van der Waals surface area contributed by atoms with E-state index in [0.717, 1.165) is 18.4 Å². The third-order valence-corrected chi connectivity index (χ3v) is 3.86. The summed E-state index contributed by atoms with van der Waals surface area (Å²) >= 11 is 8.74. The van der Waals surface area contributed by atoms with Crippen molar-refractivity contribution in [2.45, 2.75) is 12.8 Å². The van der Waals surface area contributed by atoms with Gasteiger partial charge in [-0.2, -0.15) is 0 Å². The number of anilines is 1. The molecule has 0 heterocycles. The molecule has 0 aromatic heterocycles. The van der Waals surface area contributed by atoms with Crippen LogP contribution in [0.15, 0.2) is 46.9 Å². The summed E-state index contributed by atoms with van der Waals surface area (Å²) in [6.45, 7) is 0. The quantitative estimate of drug-likeness (QED) is 0.736. The lowest BCUT2D eigenvalue weighted by molar-refractivity contribution is 0.102. The summed E-state index contributed by atoms with van der Waals surface area (Å²) in [6.07, 6.45) is 1.72. The van der Waals surface area contributed by atoms with Gasteiger partial charge < -0.3 is 5.32 Å². The molecule has 0 spiro atoms. The maximum absolute atomic E-state index is 13.9. The Balaban J connectivity index is 2.14. The van der Waals surface area contributed by atoms with Crippen molar-refractivity contribution in [3.63, 3.8) is 0 Å². The summed E-state index contributed by atoms with van der Waals surface area (Å²) < 4.78 is 14.1. The topological polar surface area (TPSA) is 29.1 Å². The Morgan fingerprint density at radius 2 is 2.00 bits per heavy atom. The van der Waals surface area contributed by atoms with Crippen molar-refractivity contribution in [2.75, 3.05) is 11.2 Å². The van der Waals surface area contributed by atoms with Crippen molar-refractivity contribution in [2.24, 2.45) is 0 Å². The molecule has 0 atom stereocenters. The van der Waals surface area contributed by atoms with Crippen LogP contribution in [0.4, 0.5) is 10.1 Å². The molecule has 0 aliphatic heterocycles. The van der Waals surface area contributed by atoms with Gasteiger partial charge in [0.2, 0.25) is 0 Å². The van der Waals surface area contributed by atoms with E-state index < -0.39 is 11.7 Å². The number of nitrogens with one attached hydrogen (secondary N) is 1. The van der Waals surface area contributed by atoms with Crippen LogP contribution in [-0.4, -0.2) is 11.8 Å². The zero-order valence-electron chi connectivity index (χ0n) is 11.2. The minimum atomic E-state index is -0.562. The van der Waals surface area contributed by atoms with Crippen LogP contribution in [0.25, 0.3) is 0 Å². The van der Waals surface area contributed by atoms with Gasteiger partial charge in [0.1, 0.15) is 5.82 Å². The second kappa shape index (κ2) is 7.57. The number of benzene rings is 2. The molecule has 0 saturated heterocycles. The molecule has 2 aromatic rings. The molecule has 0 aliphatic rings. The average Bonchev–Trinajstić information content (AvgIpc) is 2.48. The van der Waals surface area contributed by atoms with Crippen LogP contribution in [0, 0.1) is 5.82 Å². The molecule has 0 unspecified atom stereocenters. The Hall–Kier alpha value is -1.39. The van der Waals surface area contributed by atoms with Crippen LogP contribution in [0.3, 0.4) is 0 Å². The van der Waals surface area contributed by atoms with Crippen molar-refractivity contribution >= 4 is 39.1 Å². The van der Waals surface area contributed by atoms with Gasteiger partial charge in [-0.3, -0.25) is 4.79 Å². The van der Waals surface area contributed by atoms with E-state index in [1.54, 1.807) is 18.2 Å². The Bertz CT molecular complexity index is 648. The SMILES string of the molecule is O=C(Nc1cccc(CCCCl)c1)c1cccc(Br)c1F. The predicted octanol–water partition coefficient (Wildman–Crippen LogP) is 5.01. The molecule has 0 bridgehead atoms. The number of alkyl halides is 1. The van der Waals surface area contributed by atoms with Crippen molar-refractivity contribution in [3.8, 4) is 0 Å². The van der Waals surface area contributed by atoms with Gasteiger partial charge >= 0.3 is 0 Å². The maximum Gasteiger partial charge on any atom is 0.258 e. The molecule has 0 saturated carbocycles. The highest BCUT2D eigenvalue weighted by atomic mass is 79.9. The van der Waals surface area contributed by atoms with Gasteiger partial charge in [0.15, 0.2) is 0 Å². The number of carbonyl (C=O) groups excluding carboxylic acids is 1. The number of amides is 1. The van der Waals surface area contributed by atoms with E-state index in [4.69, 9.17) is 11.6 Å². The van der Waals surface area contributed by atoms with E-state index in [-0.39, 0.29) is 10.0 Å². The largest absolute Gasteiger partial charge is 0.322 e. The minimum absolute atomic E-state index is 0.00976. The van der Waals surface area contributed by atoms with Crippen molar-refractivity contribution in [1.29, 1.82) is 0 Å². The molecule has 2 nitrogen and oxygen atoms in total. The number of hydrogen-bond donors (Lipinski definition) is 1. The zero-order valence-corrected chi connectivity index (χ0v) is 13.5. The lowest BCUT2D eigenvalue weighted by atomic mass is 10.1. The molecular formula is C16H14BrClFNO. The number of halogens is 3. The molecule has 110 valence electrons. The number of aryl methyl sites for hydroxylation is 1. The van der Waals surface area contributed by atoms with Gasteiger partial charge in [-0.05, 0) is 58.6 Å². The molecule has 0 fully saturated rings. The van der Waals surface area contributed by atoms with Gasteiger partial charge in [0, 0.05) is 11.6 Å². The first-order valence-corrected chi connectivity index (χ1v) is 7.85. The van der Waals surface area contributed by atoms with Crippen LogP contribution in [-0.2, 0) is 6.42 Å². The highest BCUT2D eigenvalue weighted by Gasteiger charge is 2.14. The first kappa shape index (κ1) is 16.0. The normalized spacial score (nSPS) is 10.4. The van der Waals surface area contributed by atoms with E-state index >= 15 is 0 Å². The molecule has 0 radical (unpaired) electrons. The van der Waals surface area contributed by atoms with Gasteiger partial charge in [0.05, 0.1) is 10.0 Å². The minimum Gasteiger partial charge on any atom is -0.322 e. The predicted molar refractivity (Wildman–Crippen MR) is 87.5 cm³/mol. The Kier molecular flexibility index (Phi) is 5.76. The first-order chi connectivity index (χ1) is 10.1. The second-order valence-electron chi connectivity index (χ2n) is 4.55. The summed E-state index contributed by atoms with van der Waals surface area (Å²) in [5.41, 5.74) is 1.74. The summed E-state index contributed by atoms with van der Waals surface area (Å²) in [6, 6.07) is 12.1. The number of hydrogen-bond acceptors (Lipinski definition) is 1. The second-order valence-corrected chi connectivity index (χ2v) is 5.78. The smallest absolute Gasteiger partial charge is 0.258 e. The van der Waals surface area contributed by atoms with Crippen molar-refractivity contribution in [3.05, 3.63) is 63.9 Å². The van der Waals surface area contributed by atoms with Gasteiger partial charge in [-0.15, -0.1) is 11.6 Å². The van der Waals surface area contributed by atoms with Crippen LogP contribution in [0.5, 0.6) is 0 Å². The monoisotopic (exact) mass is 369 g/mol. The van der Waals surface area contributed by atoms with Crippen molar-refractivity contribution < 1.29 is 9.18 Å². The fourth-order valence-corrected chi connectivity index (χ4v) is 2.45. The molecular weight excluding hydrogens is 357 g/mol. The molecule has 2 aromatic carbocycles. The third-order valence-electron chi connectivity index (χ3n) is 2.98. The van der Waals surface area contributed by atoms with E-state index in [1.165, 1.54) is 6.07 Å². The summed E-state index contributed by atoms with van der Waals surface area (Å²) in [5, 5.41) is 2.71. The molecule has 5 heteroatoms. The van der Waals surface area contributed by atoms with E-state index in [1.807, 2.05) is 18.2 Å². The van der Waals surface area contributed by atoms with Crippen LogP contribution in [0.1, 0.15) is 22.3 Å². The highest BCUT2D eigenvalue weighted by molar-refractivity contribution is 9.10. The first-order valence-electron chi connectivity index (χ1n) is 6.52. The lowest BCUT2D eigenvalue weighted by Crippen LogP contribution is -2.14. The summed E-state index contributed by atoms with van der Waals surface area (Å²) in [5.74, 6) is -0.434. The molecule has 0 aliphatic carbocycles. The number of carbonyl (C=O) groups is 1. The number of rotatable bonds is 5. The molecule has 2 rings (SSSR count). The van der Waals surface area contributed by atoms with E-state index in [0.29, 0.717) is 11.6 Å². The molecule has 21 heavy (non-hydrogen) atoms. The fraction of sp³-hybridized carbons (Fsp3) is 0.188. The van der Waals surface area contributed by atoms with Gasteiger partial charge in [-0.1, -0.05) is 18.2 Å². The highest BCUT2D eigenvalue weighted by Crippen LogP contribution is 2.20. The van der Waals surface area contributed by atoms with Gasteiger partial charge in [0.25, 0.3) is 5.91 Å². The van der Waals surface area contributed by atoms with E-state index in [2.05, 4.69) is 21.2 Å². The maximum atomic E-state index is 13.9. The summed E-state index contributed by atoms with van der Waals surface area (Å²) in [4.78, 5) is 12.1. The Labute approximate surface area is 136 Å². The standard InChI is InChI=1S/C16H14BrClFNO/c17-14-8-2-7-13(15(14)19)16(21)20-12-6-1-4-11(10-12)5-3-9-18/h1-2,4,6-8,10H,3,5,9H2,(H,20,21). The van der Waals surface area contributed by atoms with Crippen LogP contribution < -0.4 is 5.32 Å².